The van der Waals surface area contributed by atoms with Gasteiger partial charge in [-0.3, -0.25) is 0 Å². The van der Waals surface area contributed by atoms with E-state index in [1.165, 1.54) is 60.4 Å². The maximum Gasteiger partial charge on any atom is 0.296 e. The van der Waals surface area contributed by atoms with Crippen molar-refractivity contribution in [3.05, 3.63) is 23.3 Å². The van der Waals surface area contributed by atoms with Crippen LogP contribution in [0, 0.1) is 6.92 Å². The second-order valence-electron chi connectivity index (χ2n) is 9.56. The lowest BCUT2D eigenvalue weighted by Crippen LogP contribution is -2.89. The van der Waals surface area contributed by atoms with Gasteiger partial charge in [0.05, 0.1) is 14.2 Å². The quantitative estimate of drug-likeness (QED) is 0.211. The molecular weight excluding hydrogens is 537 g/mol. The van der Waals surface area contributed by atoms with Crippen LogP contribution in [-0.2, 0) is 19.7 Å². The highest BCUT2D eigenvalue weighted by Gasteiger charge is 2.64. The average molecular weight is 583 g/mol. The van der Waals surface area contributed by atoms with E-state index in [4.69, 9.17) is 22.8 Å². The van der Waals surface area contributed by atoms with Gasteiger partial charge in [-0.2, -0.15) is 0 Å². The summed E-state index contributed by atoms with van der Waals surface area (Å²) in [7, 11) is 8.50. The molecule has 0 saturated heterocycles. The van der Waals surface area contributed by atoms with Crippen molar-refractivity contribution in [2.75, 3.05) is 34.0 Å². The molecule has 180 valence electrons. The van der Waals surface area contributed by atoms with Crippen molar-refractivity contribution in [2.24, 2.45) is 0 Å². The van der Waals surface area contributed by atoms with E-state index in [1.807, 2.05) is 0 Å². The molecule has 1 aromatic carbocycles. The zero-order valence-corrected chi connectivity index (χ0v) is 36.0. The Kier molecular flexibility index (Phi) is 12.4. The zero-order chi connectivity index (χ0) is 23.9. The fourth-order valence-electron chi connectivity index (χ4n) is 5.17. The maximum absolute atomic E-state index is 6.84. The molecule has 31 heavy (non-hydrogen) atoms. The molecule has 1 atom stereocenters. The number of methoxy groups -OCH3 is 2. The molecule has 0 saturated carbocycles. The van der Waals surface area contributed by atoms with E-state index in [9.17, 15) is 0 Å². The van der Waals surface area contributed by atoms with Gasteiger partial charge in [-0.05, 0) is 80.6 Å². The number of benzene rings is 1. The topological polar surface area (TPSA) is 46.2 Å². The first-order chi connectivity index (χ1) is 14.4. The molecule has 0 aliphatic carbocycles. The standard InChI is InChI=1S/C17H46O5Si9/c1-7-20-28(21-8-2)29(31(25,26)27,30(23,24)22-9-3)11-10-15-12-14(4)17(19-6)16(13-15)18-5/h12-13,28H,7-11H2,1-6,23-27H3. The molecule has 0 N–H and O–H groups in total. The van der Waals surface area contributed by atoms with Gasteiger partial charge in [0.1, 0.15) is 13.5 Å². The van der Waals surface area contributed by atoms with Gasteiger partial charge in [-0.25, -0.2) is 0 Å². The number of hydrogen-bond acceptors (Lipinski definition) is 5. The minimum Gasteiger partial charge on any atom is -0.493 e. The molecule has 1 aromatic rings. The van der Waals surface area contributed by atoms with Crippen molar-refractivity contribution >= 4 is 77.2 Å². The van der Waals surface area contributed by atoms with Gasteiger partial charge in [0.25, 0.3) is 8.80 Å². The van der Waals surface area contributed by atoms with Crippen molar-refractivity contribution < 1.29 is 22.8 Å². The molecule has 0 spiro atoms. The lowest BCUT2D eigenvalue weighted by molar-refractivity contribution is 0.229. The van der Waals surface area contributed by atoms with Gasteiger partial charge in [0, 0.05) is 45.5 Å². The summed E-state index contributed by atoms with van der Waals surface area (Å²) in [5.74, 6) is 1.70. The predicted octanol–water partition coefficient (Wildman–Crippen LogP) is -3.73. The summed E-state index contributed by atoms with van der Waals surface area (Å²) < 4.78 is 31.4. The fourth-order valence-corrected chi connectivity index (χ4v) is 279. The highest BCUT2D eigenvalue weighted by Crippen LogP contribution is 2.35. The van der Waals surface area contributed by atoms with E-state index < -0.39 is 28.4 Å². The van der Waals surface area contributed by atoms with Gasteiger partial charge in [0.2, 0.25) is 0 Å². The second-order valence-corrected chi connectivity index (χ2v) is 117. The Hall–Kier alpha value is 0.652. The Bertz CT molecular complexity index is 695. The Morgan fingerprint density at radius 2 is 1.45 bits per heavy atom. The molecule has 0 aliphatic rings. The van der Waals surface area contributed by atoms with Crippen LogP contribution >= 0.6 is 0 Å². The molecule has 1 rings (SSSR count). The highest BCUT2D eigenvalue weighted by atomic mass is 30.4. The van der Waals surface area contributed by atoms with Gasteiger partial charge < -0.3 is 22.8 Å². The van der Waals surface area contributed by atoms with E-state index >= 15 is 0 Å². The fraction of sp³-hybridized carbons (Fsp3) is 0.647. The average Bonchev–Trinajstić information content (AvgIpc) is 2.66. The SMILES string of the molecule is CCO[SiH](OCC)[Si](CCc1cc(C)c(OC)c(OC)c1)([Si]([SiH3])([SiH3])[SiH3])[Si]([SiH3])([SiH3])OCC. The molecule has 0 radical (unpaired) electrons. The van der Waals surface area contributed by atoms with Crippen LogP contribution in [0.2, 0.25) is 6.04 Å². The molecule has 0 heterocycles. The Morgan fingerprint density at radius 1 is 0.871 bits per heavy atom. The summed E-state index contributed by atoms with van der Waals surface area (Å²) in [6.45, 7) is 7.84. The van der Waals surface area contributed by atoms with Crippen LogP contribution in [0.3, 0.4) is 0 Å². The Balaban J connectivity index is 3.55. The van der Waals surface area contributed by atoms with E-state index in [-0.39, 0.29) is 0 Å². The summed E-state index contributed by atoms with van der Waals surface area (Å²) in [6.07, 6.45) is -0.0209. The molecule has 1 unspecified atom stereocenters. The van der Waals surface area contributed by atoms with Crippen molar-refractivity contribution in [2.45, 2.75) is 40.2 Å². The van der Waals surface area contributed by atoms with Crippen LogP contribution < -0.4 is 9.47 Å². The van der Waals surface area contributed by atoms with Crippen LogP contribution in [0.1, 0.15) is 31.9 Å². The van der Waals surface area contributed by atoms with E-state index in [1.54, 1.807) is 14.2 Å². The maximum atomic E-state index is 6.84. The van der Waals surface area contributed by atoms with Crippen LogP contribution in [-0.4, -0.2) is 111 Å². The first kappa shape index (κ1) is 29.7. The summed E-state index contributed by atoms with van der Waals surface area (Å²) in [5, 5.41) is 0. The normalized spacial score (nSPS) is 18.2. The first-order valence-electron chi connectivity index (χ1n) is 11.5. The smallest absolute Gasteiger partial charge is 0.296 e. The zero-order valence-electron chi connectivity index (χ0n) is 21.8. The predicted molar refractivity (Wildman–Crippen MR) is 162 cm³/mol. The number of hydrogen-bond donors (Lipinski definition) is 0. The highest BCUT2D eigenvalue weighted by molar-refractivity contribution is 8.11. The second kappa shape index (κ2) is 12.9. The van der Waals surface area contributed by atoms with Crippen LogP contribution in [0.5, 0.6) is 11.5 Å². The number of ether oxygens (including phenoxy) is 2. The molecule has 5 nitrogen and oxygen atoms in total. The summed E-state index contributed by atoms with van der Waals surface area (Å²) in [4.78, 5) is 0. The van der Waals surface area contributed by atoms with Gasteiger partial charge in [-0.1, -0.05) is 12.1 Å². The minimum atomic E-state index is -1.70. The van der Waals surface area contributed by atoms with Crippen LogP contribution in [0.4, 0.5) is 0 Å². The number of rotatable bonds is 14. The third-order valence-electron chi connectivity index (χ3n) is 6.49. The summed E-state index contributed by atoms with van der Waals surface area (Å²) >= 11 is 0. The molecule has 0 aromatic heterocycles. The van der Waals surface area contributed by atoms with Crippen LogP contribution in [0.15, 0.2) is 12.1 Å². The minimum absolute atomic E-state index is 0.802. The first-order valence-corrected chi connectivity index (χ1v) is 39.9. The monoisotopic (exact) mass is 582 g/mol. The molecular formula is C17H46O5Si9. The van der Waals surface area contributed by atoms with Gasteiger partial charge >= 0.3 is 0 Å². The lowest BCUT2D eigenvalue weighted by atomic mass is 10.1. The molecule has 0 fully saturated rings. The lowest BCUT2D eigenvalue weighted by Gasteiger charge is -2.53. The van der Waals surface area contributed by atoms with Crippen LogP contribution in [0.25, 0.3) is 0 Å². The molecule has 0 bridgehead atoms. The Labute approximate surface area is 208 Å². The summed E-state index contributed by atoms with van der Waals surface area (Å²) in [6, 6.07) is 5.84. The summed E-state index contributed by atoms with van der Waals surface area (Å²) in [5.41, 5.74) is 2.53. The number of aryl methyl sites for hydroxylation is 2. The van der Waals surface area contributed by atoms with E-state index in [0.717, 1.165) is 43.3 Å². The van der Waals surface area contributed by atoms with E-state index in [2.05, 4.69) is 39.8 Å². The largest absolute Gasteiger partial charge is 0.493 e. The third-order valence-corrected chi connectivity index (χ3v) is 157. The molecule has 0 amide bonds. The van der Waals surface area contributed by atoms with Crippen molar-refractivity contribution in [1.29, 1.82) is 0 Å². The molecule has 0 aliphatic heterocycles. The van der Waals surface area contributed by atoms with Crippen molar-refractivity contribution in [3.8, 4) is 11.5 Å². The van der Waals surface area contributed by atoms with Crippen molar-refractivity contribution in [3.63, 3.8) is 0 Å². The van der Waals surface area contributed by atoms with Crippen molar-refractivity contribution in [1.82, 2.24) is 0 Å². The van der Waals surface area contributed by atoms with Gasteiger partial charge in [0.15, 0.2) is 11.5 Å². The Morgan fingerprint density at radius 3 is 1.87 bits per heavy atom. The van der Waals surface area contributed by atoms with Gasteiger partial charge in [-0.15, -0.1) is 0 Å². The molecule has 14 heteroatoms. The third kappa shape index (κ3) is 6.84. The van der Waals surface area contributed by atoms with E-state index in [0.29, 0.717) is 0 Å².